The predicted molar refractivity (Wildman–Crippen MR) is 85.3 cm³/mol. The van der Waals surface area contributed by atoms with Crippen LogP contribution in [-0.2, 0) is 13.2 Å². The van der Waals surface area contributed by atoms with Gasteiger partial charge in [-0.2, -0.15) is 0 Å². The van der Waals surface area contributed by atoms with E-state index >= 15 is 0 Å². The number of aliphatic hydroxyl groups excluding tert-OH is 1. The van der Waals surface area contributed by atoms with Crippen molar-refractivity contribution in [3.05, 3.63) is 75.3 Å². The zero-order valence-electron chi connectivity index (χ0n) is 12.5. The quantitative estimate of drug-likeness (QED) is 0.607. The summed E-state index contributed by atoms with van der Waals surface area (Å²) in [6.45, 7) is 2.76. The number of nitrogens with zero attached hydrogens (tertiary/aromatic N) is 1. The third-order valence-electron chi connectivity index (χ3n) is 3.65. The van der Waals surface area contributed by atoms with Crippen molar-refractivity contribution in [2.45, 2.75) is 32.5 Å². The van der Waals surface area contributed by atoms with Gasteiger partial charge in [-0.25, -0.2) is 0 Å². The van der Waals surface area contributed by atoms with Crippen LogP contribution < -0.4 is 5.32 Å². The molecule has 0 fully saturated rings. The van der Waals surface area contributed by atoms with Crippen LogP contribution in [0, 0.1) is 10.1 Å². The summed E-state index contributed by atoms with van der Waals surface area (Å²) in [6.07, 6.45) is 0.843. The van der Waals surface area contributed by atoms with Crippen LogP contribution in [0.1, 0.15) is 36.1 Å². The molecule has 0 aliphatic heterocycles. The lowest BCUT2D eigenvalue weighted by molar-refractivity contribution is -0.384. The van der Waals surface area contributed by atoms with E-state index in [-0.39, 0.29) is 23.3 Å². The molecule has 116 valence electrons. The Balaban J connectivity index is 2.05. The lowest BCUT2D eigenvalue weighted by atomic mass is 10.0. The van der Waals surface area contributed by atoms with Crippen molar-refractivity contribution < 1.29 is 10.0 Å². The number of non-ortho nitro benzene ring substituents is 1. The molecule has 0 heterocycles. The molecule has 0 bridgehead atoms. The Labute approximate surface area is 129 Å². The molecule has 0 spiro atoms. The van der Waals surface area contributed by atoms with E-state index in [9.17, 15) is 10.1 Å². The number of hydrogen-bond donors (Lipinski definition) is 2. The van der Waals surface area contributed by atoms with Gasteiger partial charge in [-0.05, 0) is 23.1 Å². The van der Waals surface area contributed by atoms with Crippen molar-refractivity contribution in [2.24, 2.45) is 0 Å². The SMILES string of the molecule is CCC(NCc1ccc(CO)cc1)c1cccc([N+](=O)[O-])c1. The number of rotatable bonds is 7. The van der Waals surface area contributed by atoms with Crippen LogP contribution >= 0.6 is 0 Å². The maximum atomic E-state index is 10.9. The first-order valence-corrected chi connectivity index (χ1v) is 7.30. The molecule has 5 heteroatoms. The highest BCUT2D eigenvalue weighted by atomic mass is 16.6. The molecule has 2 aromatic carbocycles. The van der Waals surface area contributed by atoms with Crippen LogP contribution in [0.25, 0.3) is 0 Å². The first-order valence-electron chi connectivity index (χ1n) is 7.30. The van der Waals surface area contributed by atoms with Gasteiger partial charge in [-0.1, -0.05) is 43.3 Å². The van der Waals surface area contributed by atoms with Crippen molar-refractivity contribution in [2.75, 3.05) is 0 Å². The average Bonchev–Trinajstić information content (AvgIpc) is 2.56. The second kappa shape index (κ2) is 7.68. The van der Waals surface area contributed by atoms with Crippen LogP contribution in [0.15, 0.2) is 48.5 Å². The topological polar surface area (TPSA) is 75.4 Å². The van der Waals surface area contributed by atoms with E-state index in [1.54, 1.807) is 12.1 Å². The Morgan fingerprint density at radius 2 is 1.86 bits per heavy atom. The lowest BCUT2D eigenvalue weighted by Crippen LogP contribution is -2.20. The van der Waals surface area contributed by atoms with Crippen molar-refractivity contribution in [3.63, 3.8) is 0 Å². The predicted octanol–water partition coefficient (Wildman–Crippen LogP) is 3.33. The first kappa shape index (κ1) is 16.1. The maximum Gasteiger partial charge on any atom is 0.269 e. The Kier molecular flexibility index (Phi) is 5.63. The molecular weight excluding hydrogens is 280 g/mol. The van der Waals surface area contributed by atoms with Crippen LogP contribution in [-0.4, -0.2) is 10.0 Å². The molecule has 22 heavy (non-hydrogen) atoms. The molecule has 2 N–H and O–H groups in total. The van der Waals surface area contributed by atoms with Gasteiger partial charge in [0.25, 0.3) is 5.69 Å². The monoisotopic (exact) mass is 300 g/mol. The third-order valence-corrected chi connectivity index (χ3v) is 3.65. The van der Waals surface area contributed by atoms with Crippen LogP contribution in [0.3, 0.4) is 0 Å². The molecular formula is C17H20N2O3. The molecule has 0 radical (unpaired) electrons. The van der Waals surface area contributed by atoms with Crippen LogP contribution in [0.2, 0.25) is 0 Å². The smallest absolute Gasteiger partial charge is 0.269 e. The molecule has 1 unspecified atom stereocenters. The number of benzene rings is 2. The number of nitrogens with one attached hydrogen (secondary N) is 1. The van der Waals surface area contributed by atoms with Crippen molar-refractivity contribution >= 4 is 5.69 Å². The summed E-state index contributed by atoms with van der Waals surface area (Å²) >= 11 is 0. The van der Waals surface area contributed by atoms with Gasteiger partial charge in [-0.3, -0.25) is 10.1 Å². The summed E-state index contributed by atoms with van der Waals surface area (Å²) in [7, 11) is 0. The highest BCUT2D eigenvalue weighted by Crippen LogP contribution is 2.22. The second-order valence-electron chi connectivity index (χ2n) is 5.17. The zero-order valence-corrected chi connectivity index (χ0v) is 12.5. The van der Waals surface area contributed by atoms with Gasteiger partial charge in [-0.15, -0.1) is 0 Å². The molecule has 0 amide bonds. The standard InChI is InChI=1S/C17H20N2O3/c1-2-17(15-4-3-5-16(10-15)19(21)22)18-11-13-6-8-14(12-20)9-7-13/h3-10,17-18,20H,2,11-12H2,1H3. The van der Waals surface area contributed by atoms with Gasteiger partial charge in [0.2, 0.25) is 0 Å². The summed E-state index contributed by atoms with van der Waals surface area (Å²) in [5.74, 6) is 0. The molecule has 0 aromatic heterocycles. The van der Waals surface area contributed by atoms with E-state index in [0.717, 1.165) is 23.1 Å². The fourth-order valence-electron chi connectivity index (χ4n) is 2.36. The third kappa shape index (κ3) is 4.13. The summed E-state index contributed by atoms with van der Waals surface area (Å²) < 4.78 is 0. The van der Waals surface area contributed by atoms with Crippen LogP contribution in [0.5, 0.6) is 0 Å². The van der Waals surface area contributed by atoms with Gasteiger partial charge in [0.05, 0.1) is 11.5 Å². The molecule has 0 saturated heterocycles. The first-order chi connectivity index (χ1) is 10.6. The zero-order chi connectivity index (χ0) is 15.9. The molecule has 0 aliphatic carbocycles. The molecule has 1 atom stereocenters. The minimum Gasteiger partial charge on any atom is -0.392 e. The molecule has 0 saturated carbocycles. The second-order valence-corrected chi connectivity index (χ2v) is 5.17. The number of nitro benzene ring substituents is 1. The average molecular weight is 300 g/mol. The fourth-order valence-corrected chi connectivity index (χ4v) is 2.36. The van der Waals surface area contributed by atoms with E-state index in [2.05, 4.69) is 5.32 Å². The van der Waals surface area contributed by atoms with Gasteiger partial charge >= 0.3 is 0 Å². The van der Waals surface area contributed by atoms with E-state index in [1.807, 2.05) is 37.3 Å². The Morgan fingerprint density at radius 3 is 2.45 bits per heavy atom. The largest absolute Gasteiger partial charge is 0.392 e. The Morgan fingerprint density at radius 1 is 1.18 bits per heavy atom. The minimum atomic E-state index is -0.371. The van der Waals surface area contributed by atoms with Gasteiger partial charge in [0.1, 0.15) is 0 Å². The molecule has 5 nitrogen and oxygen atoms in total. The normalized spacial score (nSPS) is 12.1. The van der Waals surface area contributed by atoms with Crippen molar-refractivity contribution in [1.29, 1.82) is 0 Å². The highest BCUT2D eigenvalue weighted by Gasteiger charge is 2.13. The summed E-state index contributed by atoms with van der Waals surface area (Å²) in [5.41, 5.74) is 3.03. The number of nitro groups is 1. The van der Waals surface area contributed by atoms with Crippen LogP contribution in [0.4, 0.5) is 5.69 Å². The van der Waals surface area contributed by atoms with E-state index in [1.165, 1.54) is 6.07 Å². The lowest BCUT2D eigenvalue weighted by Gasteiger charge is -2.17. The molecule has 2 rings (SSSR count). The minimum absolute atomic E-state index is 0.0407. The Bertz CT molecular complexity index is 626. The number of hydrogen-bond acceptors (Lipinski definition) is 4. The number of aliphatic hydroxyl groups is 1. The fraction of sp³-hybridized carbons (Fsp3) is 0.294. The van der Waals surface area contributed by atoms with Crippen molar-refractivity contribution in [1.82, 2.24) is 5.32 Å². The van der Waals surface area contributed by atoms with E-state index in [0.29, 0.717) is 6.54 Å². The molecule has 2 aromatic rings. The van der Waals surface area contributed by atoms with Gasteiger partial charge in [0.15, 0.2) is 0 Å². The summed E-state index contributed by atoms with van der Waals surface area (Å²) in [6, 6.07) is 14.5. The van der Waals surface area contributed by atoms with Gasteiger partial charge < -0.3 is 10.4 Å². The summed E-state index contributed by atoms with van der Waals surface area (Å²) in [4.78, 5) is 10.5. The maximum absolute atomic E-state index is 10.9. The van der Waals surface area contributed by atoms with E-state index in [4.69, 9.17) is 5.11 Å². The van der Waals surface area contributed by atoms with Crippen molar-refractivity contribution in [3.8, 4) is 0 Å². The van der Waals surface area contributed by atoms with Gasteiger partial charge in [0, 0.05) is 24.7 Å². The summed E-state index contributed by atoms with van der Waals surface area (Å²) in [5, 5.41) is 23.3. The van der Waals surface area contributed by atoms with E-state index < -0.39 is 0 Å². The highest BCUT2D eigenvalue weighted by molar-refractivity contribution is 5.36. The Hall–Kier alpha value is -2.24. The molecule has 0 aliphatic rings.